The number of aryl methyl sites for hydroxylation is 1. The lowest BCUT2D eigenvalue weighted by atomic mass is 10.3. The molecule has 0 amide bonds. The lowest BCUT2D eigenvalue weighted by Gasteiger charge is -2.07. The Labute approximate surface area is 160 Å². The van der Waals surface area contributed by atoms with Gasteiger partial charge in [0, 0.05) is 27.6 Å². The molecule has 0 saturated heterocycles. The smallest absolute Gasteiger partial charge is 0.233 e. The van der Waals surface area contributed by atoms with Crippen molar-refractivity contribution < 1.29 is 0 Å². The number of nitrogens with one attached hydrogen (secondary N) is 1. The number of nitrogens with zero attached hydrogens (tertiary/aromatic N) is 4. The van der Waals surface area contributed by atoms with Crippen LogP contribution in [0.25, 0.3) is 0 Å². The number of rotatable bonds is 7. The molecule has 0 atom stereocenters. The van der Waals surface area contributed by atoms with Gasteiger partial charge in [-0.3, -0.25) is 5.32 Å². The van der Waals surface area contributed by atoms with Crippen LogP contribution in [0.15, 0.2) is 40.5 Å². The fraction of sp³-hybridized carbons (Fsp3) is 0.333. The Hall–Kier alpha value is -2.19. The molecule has 3 N–H and O–H groups in total. The van der Waals surface area contributed by atoms with Crippen molar-refractivity contribution in [2.75, 3.05) is 11.1 Å². The third kappa shape index (κ3) is 4.31. The zero-order valence-electron chi connectivity index (χ0n) is 14.5. The Morgan fingerprint density at radius 1 is 1.27 bits per heavy atom. The summed E-state index contributed by atoms with van der Waals surface area (Å²) < 4.78 is 0. The quantitative estimate of drug-likeness (QED) is 0.574. The Morgan fingerprint density at radius 2 is 2.15 bits per heavy atom. The summed E-state index contributed by atoms with van der Waals surface area (Å²) in [4.78, 5) is 20.5. The molecular formula is C18H20N6S2. The molecule has 1 aromatic carbocycles. The monoisotopic (exact) mass is 384 g/mol. The second-order valence-corrected chi connectivity index (χ2v) is 8.41. The van der Waals surface area contributed by atoms with E-state index in [0.29, 0.717) is 17.0 Å². The molecule has 4 rings (SSSR count). The second kappa shape index (κ2) is 7.59. The molecule has 26 heavy (non-hydrogen) atoms. The van der Waals surface area contributed by atoms with Gasteiger partial charge in [0.15, 0.2) is 10.3 Å². The number of nitrogens with two attached hydrogens (primary N) is 1. The third-order valence-electron chi connectivity index (χ3n) is 3.91. The maximum absolute atomic E-state index is 5.87. The molecule has 2 aromatic heterocycles. The Morgan fingerprint density at radius 3 is 2.92 bits per heavy atom. The van der Waals surface area contributed by atoms with Gasteiger partial charge in [0.2, 0.25) is 5.95 Å². The standard InChI is InChI=1S/C18H20N6S2/c1-2-4-14-10-20-17(26-14)23-16-21-15(11-7-8-11)22-18(24-16)25-13-6-3-5-12(19)9-13/h3,5-6,9-11H,2,4,7-8,19H2,1H3,(H,20,21,22,23,24). The number of aromatic nitrogens is 4. The maximum atomic E-state index is 5.87. The van der Waals surface area contributed by atoms with E-state index in [-0.39, 0.29) is 0 Å². The average Bonchev–Trinajstić information content (AvgIpc) is 3.37. The van der Waals surface area contributed by atoms with Crippen molar-refractivity contribution in [1.29, 1.82) is 0 Å². The summed E-state index contributed by atoms with van der Waals surface area (Å²) in [7, 11) is 0. The number of hydrogen-bond acceptors (Lipinski definition) is 8. The van der Waals surface area contributed by atoms with Gasteiger partial charge >= 0.3 is 0 Å². The van der Waals surface area contributed by atoms with Gasteiger partial charge in [-0.1, -0.05) is 19.4 Å². The van der Waals surface area contributed by atoms with Crippen molar-refractivity contribution >= 4 is 39.9 Å². The van der Waals surface area contributed by atoms with Crippen LogP contribution in [0.2, 0.25) is 0 Å². The van der Waals surface area contributed by atoms with E-state index >= 15 is 0 Å². The van der Waals surface area contributed by atoms with Crippen LogP contribution < -0.4 is 11.1 Å². The summed E-state index contributed by atoms with van der Waals surface area (Å²) in [6.07, 6.45) is 6.36. The molecule has 1 aliphatic carbocycles. The van der Waals surface area contributed by atoms with Crippen molar-refractivity contribution in [2.24, 2.45) is 0 Å². The van der Waals surface area contributed by atoms with Gasteiger partial charge in [-0.15, -0.1) is 11.3 Å². The number of anilines is 3. The molecule has 1 fully saturated rings. The largest absolute Gasteiger partial charge is 0.399 e. The van der Waals surface area contributed by atoms with Crippen molar-refractivity contribution in [3.8, 4) is 0 Å². The summed E-state index contributed by atoms with van der Waals surface area (Å²) in [5.74, 6) is 1.87. The minimum Gasteiger partial charge on any atom is -0.399 e. The van der Waals surface area contributed by atoms with Crippen LogP contribution in [0, 0.1) is 0 Å². The van der Waals surface area contributed by atoms with Gasteiger partial charge in [-0.25, -0.2) is 9.97 Å². The first-order valence-corrected chi connectivity index (χ1v) is 10.3. The van der Waals surface area contributed by atoms with Crippen LogP contribution in [-0.4, -0.2) is 19.9 Å². The molecule has 0 bridgehead atoms. The molecule has 0 radical (unpaired) electrons. The molecule has 1 saturated carbocycles. The molecule has 0 aliphatic heterocycles. The summed E-state index contributed by atoms with van der Waals surface area (Å²) in [5.41, 5.74) is 6.61. The van der Waals surface area contributed by atoms with Crippen LogP contribution in [-0.2, 0) is 6.42 Å². The van der Waals surface area contributed by atoms with Gasteiger partial charge in [0.25, 0.3) is 0 Å². The fourth-order valence-electron chi connectivity index (χ4n) is 2.50. The van der Waals surface area contributed by atoms with Crippen molar-refractivity contribution in [2.45, 2.75) is 48.6 Å². The van der Waals surface area contributed by atoms with Crippen LogP contribution in [0.4, 0.5) is 16.8 Å². The molecule has 134 valence electrons. The Kier molecular flexibility index (Phi) is 5.03. The van der Waals surface area contributed by atoms with Gasteiger partial charge in [0.1, 0.15) is 5.82 Å². The van der Waals surface area contributed by atoms with Crippen LogP contribution in [0.5, 0.6) is 0 Å². The Balaban J connectivity index is 1.58. The lowest BCUT2D eigenvalue weighted by molar-refractivity contribution is 0.815. The minimum atomic E-state index is 0.450. The highest BCUT2D eigenvalue weighted by Gasteiger charge is 2.28. The molecule has 1 aliphatic rings. The van der Waals surface area contributed by atoms with Gasteiger partial charge in [-0.2, -0.15) is 9.97 Å². The first-order valence-electron chi connectivity index (χ1n) is 8.70. The zero-order chi connectivity index (χ0) is 17.9. The topological polar surface area (TPSA) is 89.6 Å². The zero-order valence-corrected chi connectivity index (χ0v) is 16.1. The first kappa shape index (κ1) is 17.2. The van der Waals surface area contributed by atoms with E-state index in [4.69, 9.17) is 5.73 Å². The van der Waals surface area contributed by atoms with E-state index in [1.54, 1.807) is 11.3 Å². The number of thiazole rings is 1. The number of hydrogen-bond donors (Lipinski definition) is 2. The maximum Gasteiger partial charge on any atom is 0.233 e. The lowest BCUT2D eigenvalue weighted by Crippen LogP contribution is -2.04. The SMILES string of the molecule is CCCc1cnc(Nc2nc(Sc3cccc(N)c3)nc(C3CC3)n2)s1. The van der Waals surface area contributed by atoms with Crippen LogP contribution >= 0.6 is 23.1 Å². The van der Waals surface area contributed by atoms with Crippen LogP contribution in [0.3, 0.4) is 0 Å². The van der Waals surface area contributed by atoms with Gasteiger partial charge in [0.05, 0.1) is 0 Å². The predicted molar refractivity (Wildman–Crippen MR) is 106 cm³/mol. The third-order valence-corrected chi connectivity index (χ3v) is 5.74. The van der Waals surface area contributed by atoms with E-state index in [1.807, 2.05) is 30.5 Å². The Bertz CT molecular complexity index is 906. The normalized spacial score (nSPS) is 13.7. The molecule has 6 nitrogen and oxygen atoms in total. The van der Waals surface area contributed by atoms with Crippen LogP contribution in [0.1, 0.15) is 42.8 Å². The van der Waals surface area contributed by atoms with E-state index in [2.05, 4.69) is 32.2 Å². The van der Waals surface area contributed by atoms with E-state index in [1.165, 1.54) is 16.6 Å². The molecule has 0 unspecified atom stereocenters. The second-order valence-electron chi connectivity index (χ2n) is 6.26. The summed E-state index contributed by atoms with van der Waals surface area (Å²) >= 11 is 3.15. The molecule has 3 aromatic rings. The van der Waals surface area contributed by atoms with E-state index in [0.717, 1.165) is 47.2 Å². The van der Waals surface area contributed by atoms with Gasteiger partial charge in [-0.05, 0) is 49.2 Å². The molecule has 8 heteroatoms. The highest BCUT2D eigenvalue weighted by molar-refractivity contribution is 7.99. The molecular weight excluding hydrogens is 364 g/mol. The minimum absolute atomic E-state index is 0.450. The number of nitrogen functional groups attached to an aromatic ring is 1. The fourth-order valence-corrected chi connectivity index (χ4v) is 4.24. The van der Waals surface area contributed by atoms with Crippen molar-refractivity contribution in [1.82, 2.24) is 19.9 Å². The summed E-state index contributed by atoms with van der Waals surface area (Å²) in [6.45, 7) is 2.17. The first-order chi connectivity index (χ1) is 12.7. The molecule has 0 spiro atoms. The van der Waals surface area contributed by atoms with Crippen molar-refractivity contribution in [3.63, 3.8) is 0 Å². The van der Waals surface area contributed by atoms with E-state index in [9.17, 15) is 0 Å². The molecule has 2 heterocycles. The number of benzene rings is 1. The summed E-state index contributed by atoms with van der Waals surface area (Å²) in [5, 5.41) is 4.75. The van der Waals surface area contributed by atoms with Crippen molar-refractivity contribution in [3.05, 3.63) is 41.2 Å². The van der Waals surface area contributed by atoms with Gasteiger partial charge < -0.3 is 5.73 Å². The summed E-state index contributed by atoms with van der Waals surface area (Å²) in [6, 6.07) is 7.74. The predicted octanol–water partition coefficient (Wildman–Crippen LogP) is 4.64. The average molecular weight is 385 g/mol. The highest BCUT2D eigenvalue weighted by Crippen LogP contribution is 2.39. The highest BCUT2D eigenvalue weighted by atomic mass is 32.2. The van der Waals surface area contributed by atoms with E-state index < -0.39 is 0 Å².